The van der Waals surface area contributed by atoms with E-state index in [0.29, 0.717) is 18.4 Å². The van der Waals surface area contributed by atoms with Crippen molar-refractivity contribution >= 4 is 5.91 Å². The van der Waals surface area contributed by atoms with Crippen LogP contribution in [0.1, 0.15) is 34.1 Å². The summed E-state index contributed by atoms with van der Waals surface area (Å²) in [6.45, 7) is 8.80. The van der Waals surface area contributed by atoms with Crippen LogP contribution in [0.2, 0.25) is 0 Å². The lowest BCUT2D eigenvalue weighted by atomic mass is 9.88. The summed E-state index contributed by atoms with van der Waals surface area (Å²) in [6.07, 6.45) is 1.03. The second-order valence-electron chi connectivity index (χ2n) is 5.09. The maximum atomic E-state index is 11.7. The van der Waals surface area contributed by atoms with E-state index in [0.717, 1.165) is 6.42 Å². The molecule has 1 amide bonds. The van der Waals surface area contributed by atoms with Crippen LogP contribution in [-0.2, 0) is 4.79 Å². The van der Waals surface area contributed by atoms with Crippen LogP contribution >= 0.6 is 0 Å². The van der Waals surface area contributed by atoms with E-state index in [4.69, 9.17) is 5.73 Å². The number of rotatable bonds is 4. The van der Waals surface area contributed by atoms with Crippen molar-refractivity contribution in [2.24, 2.45) is 23.5 Å². The fourth-order valence-electron chi connectivity index (χ4n) is 1.49. The predicted molar refractivity (Wildman–Crippen MR) is 57.7 cm³/mol. The maximum Gasteiger partial charge on any atom is 0.223 e. The molecule has 0 aliphatic heterocycles. The molecule has 0 heterocycles. The van der Waals surface area contributed by atoms with Crippen molar-refractivity contribution in [1.29, 1.82) is 0 Å². The first-order valence-electron chi connectivity index (χ1n) is 5.43. The van der Waals surface area contributed by atoms with Gasteiger partial charge in [-0.05, 0) is 25.2 Å². The maximum absolute atomic E-state index is 11.7. The number of nitrogens with one attached hydrogen (secondary N) is 1. The highest BCUT2D eigenvalue weighted by molar-refractivity contribution is 5.82. The molecule has 14 heavy (non-hydrogen) atoms. The first-order valence-corrected chi connectivity index (χ1v) is 5.43. The summed E-state index contributed by atoms with van der Waals surface area (Å²) in [7, 11) is 0. The van der Waals surface area contributed by atoms with Crippen molar-refractivity contribution in [2.75, 3.05) is 6.54 Å². The quantitative estimate of drug-likeness (QED) is 0.711. The Morgan fingerprint density at radius 1 is 1.64 bits per heavy atom. The van der Waals surface area contributed by atoms with Crippen LogP contribution in [0.15, 0.2) is 0 Å². The average molecular weight is 198 g/mol. The highest BCUT2D eigenvalue weighted by atomic mass is 16.2. The summed E-state index contributed by atoms with van der Waals surface area (Å²) in [5, 5.41) is 3.07. The van der Waals surface area contributed by atoms with Crippen LogP contribution in [0.5, 0.6) is 0 Å². The van der Waals surface area contributed by atoms with Gasteiger partial charge in [0.15, 0.2) is 0 Å². The van der Waals surface area contributed by atoms with E-state index >= 15 is 0 Å². The second kappa shape index (κ2) is 3.89. The molecule has 3 heteroatoms. The van der Waals surface area contributed by atoms with E-state index in [1.807, 2.05) is 6.92 Å². The van der Waals surface area contributed by atoms with E-state index in [1.165, 1.54) is 0 Å². The molecular weight excluding hydrogens is 176 g/mol. The minimum absolute atomic E-state index is 0.180. The zero-order chi connectivity index (χ0) is 10.9. The summed E-state index contributed by atoms with van der Waals surface area (Å²) < 4.78 is 0. The Labute approximate surface area is 86.4 Å². The molecular formula is C11H22N2O. The van der Waals surface area contributed by atoms with Gasteiger partial charge in [-0.25, -0.2) is 0 Å². The highest BCUT2D eigenvalue weighted by Crippen LogP contribution is 2.38. The van der Waals surface area contributed by atoms with E-state index in [-0.39, 0.29) is 17.4 Å². The molecule has 3 nitrogen and oxygen atoms in total. The molecule has 0 saturated heterocycles. The molecule has 3 N–H and O–H groups in total. The minimum atomic E-state index is -0.251. The normalized spacial score (nSPS) is 29.9. The Kier molecular flexibility index (Phi) is 3.20. The zero-order valence-electron chi connectivity index (χ0n) is 9.63. The number of nitrogens with two attached hydrogens (primary N) is 1. The largest absolute Gasteiger partial charge is 0.349 e. The van der Waals surface area contributed by atoms with Gasteiger partial charge in [0.05, 0.1) is 5.54 Å². The molecule has 0 spiro atoms. The van der Waals surface area contributed by atoms with E-state index in [9.17, 15) is 4.79 Å². The molecule has 82 valence electrons. The third-order valence-electron chi connectivity index (χ3n) is 3.55. The van der Waals surface area contributed by atoms with Crippen molar-refractivity contribution in [1.82, 2.24) is 5.32 Å². The first-order chi connectivity index (χ1) is 6.40. The van der Waals surface area contributed by atoms with Gasteiger partial charge >= 0.3 is 0 Å². The van der Waals surface area contributed by atoms with Gasteiger partial charge in [-0.1, -0.05) is 20.8 Å². The lowest BCUT2D eigenvalue weighted by Crippen LogP contribution is -2.55. The van der Waals surface area contributed by atoms with Crippen LogP contribution < -0.4 is 11.1 Å². The van der Waals surface area contributed by atoms with Gasteiger partial charge in [0.25, 0.3) is 0 Å². The van der Waals surface area contributed by atoms with Gasteiger partial charge in [-0.2, -0.15) is 0 Å². The standard InChI is InChI=1S/C11H22N2O/c1-7(2)11(4,6-12)13-10(14)9-5-8(9)3/h7-9H,5-6,12H2,1-4H3,(H,13,14). The Bertz CT molecular complexity index is 227. The highest BCUT2D eigenvalue weighted by Gasteiger charge is 2.41. The van der Waals surface area contributed by atoms with Crippen LogP contribution in [0.3, 0.4) is 0 Å². The average Bonchev–Trinajstić information content (AvgIpc) is 2.82. The monoisotopic (exact) mass is 198 g/mol. The lowest BCUT2D eigenvalue weighted by molar-refractivity contribution is -0.124. The summed E-state index contributed by atoms with van der Waals surface area (Å²) in [6, 6.07) is 0. The van der Waals surface area contributed by atoms with Crippen molar-refractivity contribution in [3.05, 3.63) is 0 Å². The molecule has 1 aliphatic rings. The van der Waals surface area contributed by atoms with Crippen LogP contribution in [0, 0.1) is 17.8 Å². The van der Waals surface area contributed by atoms with Crippen LogP contribution in [-0.4, -0.2) is 18.0 Å². The number of carbonyl (C=O) groups excluding carboxylic acids is 1. The number of hydrogen-bond acceptors (Lipinski definition) is 2. The summed E-state index contributed by atoms with van der Waals surface area (Å²) >= 11 is 0. The fourth-order valence-corrected chi connectivity index (χ4v) is 1.49. The predicted octanol–water partition coefficient (Wildman–Crippen LogP) is 1.13. The van der Waals surface area contributed by atoms with E-state index in [2.05, 4.69) is 26.1 Å². The van der Waals surface area contributed by atoms with Gasteiger partial charge in [0.1, 0.15) is 0 Å². The fraction of sp³-hybridized carbons (Fsp3) is 0.909. The van der Waals surface area contributed by atoms with Crippen molar-refractivity contribution in [3.8, 4) is 0 Å². The SMILES string of the molecule is CC1CC1C(=O)NC(C)(CN)C(C)C. The van der Waals surface area contributed by atoms with Crippen molar-refractivity contribution < 1.29 is 4.79 Å². The molecule has 0 radical (unpaired) electrons. The van der Waals surface area contributed by atoms with Crippen molar-refractivity contribution in [2.45, 2.75) is 39.7 Å². The molecule has 1 fully saturated rings. The third kappa shape index (κ3) is 2.27. The van der Waals surface area contributed by atoms with Gasteiger partial charge < -0.3 is 11.1 Å². The van der Waals surface area contributed by atoms with Gasteiger partial charge in [-0.3, -0.25) is 4.79 Å². The first kappa shape index (κ1) is 11.5. The molecule has 1 saturated carbocycles. The van der Waals surface area contributed by atoms with Crippen molar-refractivity contribution in [3.63, 3.8) is 0 Å². The third-order valence-corrected chi connectivity index (χ3v) is 3.55. The second-order valence-corrected chi connectivity index (χ2v) is 5.09. The van der Waals surface area contributed by atoms with Gasteiger partial charge in [0, 0.05) is 12.5 Å². The zero-order valence-corrected chi connectivity index (χ0v) is 9.63. The lowest BCUT2D eigenvalue weighted by Gasteiger charge is -2.33. The van der Waals surface area contributed by atoms with Gasteiger partial charge in [0.2, 0.25) is 5.91 Å². The minimum Gasteiger partial charge on any atom is -0.349 e. The number of amides is 1. The topological polar surface area (TPSA) is 55.1 Å². The number of carbonyl (C=O) groups is 1. The Hall–Kier alpha value is -0.570. The Morgan fingerprint density at radius 3 is 2.43 bits per heavy atom. The Morgan fingerprint density at radius 2 is 2.14 bits per heavy atom. The summed E-state index contributed by atoms with van der Waals surface area (Å²) in [4.78, 5) is 11.7. The molecule has 3 atom stereocenters. The summed E-state index contributed by atoms with van der Waals surface area (Å²) in [5.74, 6) is 1.34. The molecule has 3 unspecified atom stereocenters. The molecule has 0 bridgehead atoms. The van der Waals surface area contributed by atoms with Gasteiger partial charge in [-0.15, -0.1) is 0 Å². The molecule has 1 rings (SSSR count). The Balaban J connectivity index is 2.52. The molecule has 0 aromatic carbocycles. The van der Waals surface area contributed by atoms with E-state index < -0.39 is 0 Å². The summed E-state index contributed by atoms with van der Waals surface area (Å²) in [5.41, 5.74) is 5.45. The molecule has 0 aromatic rings. The smallest absolute Gasteiger partial charge is 0.223 e. The molecule has 0 aromatic heterocycles. The van der Waals surface area contributed by atoms with Crippen LogP contribution in [0.4, 0.5) is 0 Å². The van der Waals surface area contributed by atoms with Crippen LogP contribution in [0.25, 0.3) is 0 Å². The van der Waals surface area contributed by atoms with E-state index in [1.54, 1.807) is 0 Å². The number of hydrogen-bond donors (Lipinski definition) is 2. The molecule has 1 aliphatic carbocycles.